The molecule has 0 aliphatic carbocycles. The molecule has 4 aromatic rings. The van der Waals surface area contributed by atoms with Crippen molar-refractivity contribution in [3.63, 3.8) is 0 Å². The molecular weight excluding hydrogens is 322 g/mol. The van der Waals surface area contributed by atoms with Gasteiger partial charge in [0.1, 0.15) is 0 Å². The molecule has 0 unspecified atom stereocenters. The van der Waals surface area contributed by atoms with Gasteiger partial charge in [-0.25, -0.2) is 0 Å². The van der Waals surface area contributed by atoms with Crippen LogP contribution in [0.3, 0.4) is 0 Å². The van der Waals surface area contributed by atoms with Crippen LogP contribution in [0.5, 0.6) is 0 Å². The smallest absolute Gasteiger partial charge is 0.256 e. The van der Waals surface area contributed by atoms with Gasteiger partial charge in [-0.1, -0.05) is 60.7 Å². The van der Waals surface area contributed by atoms with Gasteiger partial charge in [-0.3, -0.25) is 9.48 Å². The Hall–Kier alpha value is -3.40. The second kappa shape index (κ2) is 6.84. The van der Waals surface area contributed by atoms with E-state index in [0.29, 0.717) is 17.8 Å². The summed E-state index contributed by atoms with van der Waals surface area (Å²) in [7, 11) is 0. The van der Waals surface area contributed by atoms with E-state index in [1.54, 1.807) is 6.20 Å². The van der Waals surface area contributed by atoms with E-state index in [2.05, 4.69) is 40.7 Å². The number of amides is 1. The standard InChI is InChI=1S/C22H19N3O/c1-16-7-2-4-11-20(16)22(26)24-19-13-23-25(15-19)14-18-10-6-9-17-8-3-5-12-21(17)18/h2-13,15H,14H2,1H3,(H,24,26). The Labute approximate surface area is 152 Å². The molecule has 0 bridgehead atoms. The lowest BCUT2D eigenvalue weighted by Crippen LogP contribution is -2.12. The van der Waals surface area contributed by atoms with E-state index < -0.39 is 0 Å². The number of fused-ring (bicyclic) bond motifs is 1. The highest BCUT2D eigenvalue weighted by atomic mass is 16.1. The number of aromatic nitrogens is 2. The highest BCUT2D eigenvalue weighted by Gasteiger charge is 2.10. The molecule has 0 atom stereocenters. The Balaban J connectivity index is 1.53. The van der Waals surface area contributed by atoms with Crippen LogP contribution in [-0.2, 0) is 6.54 Å². The van der Waals surface area contributed by atoms with Crippen molar-refractivity contribution in [1.29, 1.82) is 0 Å². The average molecular weight is 341 g/mol. The lowest BCUT2D eigenvalue weighted by atomic mass is 10.0. The maximum atomic E-state index is 12.4. The third-order valence-corrected chi connectivity index (χ3v) is 4.49. The minimum Gasteiger partial charge on any atom is -0.319 e. The molecule has 4 nitrogen and oxygen atoms in total. The molecule has 4 rings (SSSR count). The molecule has 0 saturated carbocycles. The summed E-state index contributed by atoms with van der Waals surface area (Å²) in [5.41, 5.74) is 3.52. The minimum absolute atomic E-state index is 0.118. The number of nitrogens with one attached hydrogen (secondary N) is 1. The van der Waals surface area contributed by atoms with Crippen molar-refractivity contribution >= 4 is 22.4 Å². The molecule has 1 aromatic heterocycles. The molecule has 26 heavy (non-hydrogen) atoms. The van der Waals surface area contributed by atoms with Gasteiger partial charge < -0.3 is 5.32 Å². The first-order valence-corrected chi connectivity index (χ1v) is 8.57. The summed E-state index contributed by atoms with van der Waals surface area (Å²) in [4.78, 5) is 12.4. The summed E-state index contributed by atoms with van der Waals surface area (Å²) in [5, 5.41) is 9.74. The zero-order valence-electron chi connectivity index (χ0n) is 14.5. The average Bonchev–Trinajstić information content (AvgIpc) is 3.09. The Morgan fingerprint density at radius 2 is 1.77 bits per heavy atom. The van der Waals surface area contributed by atoms with Crippen molar-refractivity contribution in [3.8, 4) is 0 Å². The summed E-state index contributed by atoms with van der Waals surface area (Å²) in [6.45, 7) is 2.58. The summed E-state index contributed by atoms with van der Waals surface area (Å²) >= 11 is 0. The molecule has 0 spiro atoms. The van der Waals surface area contributed by atoms with E-state index in [1.807, 2.05) is 54.2 Å². The molecule has 0 fully saturated rings. The molecule has 1 N–H and O–H groups in total. The van der Waals surface area contributed by atoms with Crippen LogP contribution in [0.15, 0.2) is 79.1 Å². The molecule has 1 amide bonds. The quantitative estimate of drug-likeness (QED) is 0.587. The summed E-state index contributed by atoms with van der Waals surface area (Å²) in [6, 6.07) is 22.1. The highest BCUT2D eigenvalue weighted by Crippen LogP contribution is 2.20. The van der Waals surface area contributed by atoms with Gasteiger partial charge in [0.25, 0.3) is 5.91 Å². The van der Waals surface area contributed by atoms with Crippen LogP contribution >= 0.6 is 0 Å². The Bertz CT molecular complexity index is 1080. The normalized spacial score (nSPS) is 10.8. The third kappa shape index (κ3) is 3.22. The van der Waals surface area contributed by atoms with E-state index in [1.165, 1.54) is 16.3 Å². The first-order valence-electron chi connectivity index (χ1n) is 8.57. The van der Waals surface area contributed by atoms with Crippen molar-refractivity contribution in [3.05, 3.63) is 95.8 Å². The third-order valence-electron chi connectivity index (χ3n) is 4.49. The summed E-state index contributed by atoms with van der Waals surface area (Å²) in [6.07, 6.45) is 3.54. The van der Waals surface area contributed by atoms with Crippen LogP contribution < -0.4 is 5.32 Å². The number of carbonyl (C=O) groups excluding carboxylic acids is 1. The zero-order chi connectivity index (χ0) is 17.9. The Morgan fingerprint density at radius 3 is 2.65 bits per heavy atom. The predicted octanol–water partition coefficient (Wildman–Crippen LogP) is 4.65. The fourth-order valence-corrected chi connectivity index (χ4v) is 3.15. The monoisotopic (exact) mass is 341 g/mol. The molecular formula is C22H19N3O. The van der Waals surface area contributed by atoms with Crippen molar-refractivity contribution in [1.82, 2.24) is 9.78 Å². The van der Waals surface area contributed by atoms with E-state index in [0.717, 1.165) is 5.56 Å². The van der Waals surface area contributed by atoms with Crippen molar-refractivity contribution in [2.45, 2.75) is 13.5 Å². The van der Waals surface area contributed by atoms with Gasteiger partial charge in [0.2, 0.25) is 0 Å². The highest BCUT2D eigenvalue weighted by molar-refractivity contribution is 6.05. The van der Waals surface area contributed by atoms with E-state index in [9.17, 15) is 4.79 Å². The van der Waals surface area contributed by atoms with Crippen LogP contribution in [-0.4, -0.2) is 15.7 Å². The van der Waals surface area contributed by atoms with Crippen LogP contribution in [0.1, 0.15) is 21.5 Å². The van der Waals surface area contributed by atoms with Gasteiger partial charge in [-0.2, -0.15) is 5.10 Å². The number of carbonyl (C=O) groups is 1. The van der Waals surface area contributed by atoms with Crippen molar-refractivity contribution in [2.75, 3.05) is 5.32 Å². The number of hydrogen-bond acceptors (Lipinski definition) is 2. The van der Waals surface area contributed by atoms with Crippen molar-refractivity contribution in [2.24, 2.45) is 0 Å². The molecule has 3 aromatic carbocycles. The second-order valence-corrected chi connectivity index (χ2v) is 6.33. The minimum atomic E-state index is -0.118. The van der Waals surface area contributed by atoms with Crippen LogP contribution in [0.2, 0.25) is 0 Å². The van der Waals surface area contributed by atoms with Gasteiger partial charge >= 0.3 is 0 Å². The number of nitrogens with zero attached hydrogens (tertiary/aromatic N) is 2. The largest absolute Gasteiger partial charge is 0.319 e. The van der Waals surface area contributed by atoms with Crippen LogP contribution in [0.25, 0.3) is 10.8 Å². The topological polar surface area (TPSA) is 46.9 Å². The van der Waals surface area contributed by atoms with Crippen LogP contribution in [0, 0.1) is 6.92 Å². The fraction of sp³-hybridized carbons (Fsp3) is 0.0909. The molecule has 0 saturated heterocycles. The van der Waals surface area contributed by atoms with E-state index >= 15 is 0 Å². The maximum absolute atomic E-state index is 12.4. The number of aryl methyl sites for hydroxylation is 1. The number of benzene rings is 3. The molecule has 0 radical (unpaired) electrons. The molecule has 4 heteroatoms. The number of hydrogen-bond donors (Lipinski definition) is 1. The predicted molar refractivity (Wildman–Crippen MR) is 104 cm³/mol. The SMILES string of the molecule is Cc1ccccc1C(=O)Nc1cnn(Cc2cccc3ccccc23)c1. The lowest BCUT2D eigenvalue weighted by molar-refractivity contribution is 0.102. The molecule has 0 aliphatic heterocycles. The van der Waals surface area contributed by atoms with Gasteiger partial charge in [-0.15, -0.1) is 0 Å². The molecule has 128 valence electrons. The van der Waals surface area contributed by atoms with E-state index in [4.69, 9.17) is 0 Å². The molecule has 1 heterocycles. The van der Waals surface area contributed by atoms with Gasteiger partial charge in [0, 0.05) is 11.8 Å². The first kappa shape index (κ1) is 16.1. The Morgan fingerprint density at radius 1 is 1.00 bits per heavy atom. The zero-order valence-corrected chi connectivity index (χ0v) is 14.5. The van der Waals surface area contributed by atoms with Gasteiger partial charge in [0.15, 0.2) is 0 Å². The van der Waals surface area contributed by atoms with E-state index in [-0.39, 0.29) is 5.91 Å². The molecule has 0 aliphatic rings. The number of rotatable bonds is 4. The summed E-state index contributed by atoms with van der Waals surface area (Å²) < 4.78 is 1.84. The first-order chi connectivity index (χ1) is 12.7. The fourth-order valence-electron chi connectivity index (χ4n) is 3.15. The van der Waals surface area contributed by atoms with Gasteiger partial charge in [-0.05, 0) is 34.9 Å². The Kier molecular flexibility index (Phi) is 4.23. The summed E-state index contributed by atoms with van der Waals surface area (Å²) in [5.74, 6) is -0.118. The lowest BCUT2D eigenvalue weighted by Gasteiger charge is -2.07. The van der Waals surface area contributed by atoms with Crippen LogP contribution in [0.4, 0.5) is 5.69 Å². The number of anilines is 1. The van der Waals surface area contributed by atoms with Crippen molar-refractivity contribution < 1.29 is 4.79 Å². The second-order valence-electron chi connectivity index (χ2n) is 6.33. The maximum Gasteiger partial charge on any atom is 0.256 e. The van der Waals surface area contributed by atoms with Gasteiger partial charge in [0.05, 0.1) is 18.4 Å².